The number of aldehydes is 1. The molecule has 1 aromatic carbocycles. The fourth-order valence-corrected chi connectivity index (χ4v) is 5.41. The summed E-state index contributed by atoms with van der Waals surface area (Å²) in [5, 5.41) is 9.90. The maximum absolute atomic E-state index is 13.0. The Labute approximate surface area is 243 Å². The van der Waals surface area contributed by atoms with Gasteiger partial charge >= 0.3 is 0 Å². The highest BCUT2D eigenvalue weighted by molar-refractivity contribution is 6.06. The minimum absolute atomic E-state index is 0.0695. The predicted molar refractivity (Wildman–Crippen MR) is 166 cm³/mol. The number of benzene rings is 1. The number of amides is 1. The molecule has 1 fully saturated rings. The lowest BCUT2D eigenvalue weighted by molar-refractivity contribution is -0.112. The molecule has 8 nitrogen and oxygen atoms in total. The first-order valence-electron chi connectivity index (χ1n) is 14.3. The maximum atomic E-state index is 13.0. The second kappa shape index (κ2) is 15.1. The summed E-state index contributed by atoms with van der Waals surface area (Å²) in [4.78, 5) is 35.2. The number of aromatic nitrogens is 1. The maximum Gasteiger partial charge on any atom is 0.256 e. The molecule has 3 atom stereocenters. The van der Waals surface area contributed by atoms with Crippen LogP contribution in [0.1, 0.15) is 74.4 Å². The van der Waals surface area contributed by atoms with Gasteiger partial charge in [0.05, 0.1) is 5.70 Å². The van der Waals surface area contributed by atoms with Crippen LogP contribution in [0, 0.1) is 17.8 Å². The van der Waals surface area contributed by atoms with Crippen LogP contribution in [0.3, 0.4) is 0 Å². The van der Waals surface area contributed by atoms with Crippen molar-refractivity contribution < 1.29 is 14.7 Å². The summed E-state index contributed by atoms with van der Waals surface area (Å²) in [7, 11) is 1.00. The summed E-state index contributed by atoms with van der Waals surface area (Å²) >= 11 is 0. The smallest absolute Gasteiger partial charge is 0.256 e. The Bertz CT molecular complexity index is 1310. The van der Waals surface area contributed by atoms with E-state index in [1.807, 2.05) is 42.6 Å². The molecule has 3 unspecified atom stereocenters. The molecule has 4 rings (SSSR count). The van der Waals surface area contributed by atoms with Gasteiger partial charge in [-0.2, -0.15) is 0 Å². The standard InChI is InChI=1S/C32H39N5O2.CH4O/c1-5-21(3)29(25-10-12-26(13-11-25)32(39)36-28-19-23(6-2)14-15-34-28)30-31(33)35-16-17-37(30)22(4)27-9-7-8-24(18-27)20-38;1-2/h10-17,19-21,24,27H,4-9,18H2,1-3H3,(H2,33,35)(H,34,36,39);2H,1H3/b30-29+;. The summed E-state index contributed by atoms with van der Waals surface area (Å²) in [6.07, 6.45) is 11.9. The Balaban J connectivity index is 0.00000226. The van der Waals surface area contributed by atoms with Gasteiger partial charge in [0.2, 0.25) is 0 Å². The van der Waals surface area contributed by atoms with Crippen molar-refractivity contribution in [2.24, 2.45) is 28.5 Å². The van der Waals surface area contributed by atoms with Gasteiger partial charge in [-0.3, -0.25) is 4.79 Å². The summed E-state index contributed by atoms with van der Waals surface area (Å²) in [5.41, 5.74) is 12.0. The van der Waals surface area contributed by atoms with E-state index >= 15 is 0 Å². The molecule has 0 saturated heterocycles. The largest absolute Gasteiger partial charge is 0.400 e. The molecule has 1 aliphatic heterocycles. The molecule has 2 heterocycles. The molecule has 218 valence electrons. The highest BCUT2D eigenvalue weighted by atomic mass is 16.2. The molecule has 4 N–H and O–H groups in total. The number of aryl methyl sites for hydroxylation is 1. The first-order chi connectivity index (χ1) is 19.9. The molecule has 0 spiro atoms. The van der Waals surface area contributed by atoms with Crippen LogP contribution >= 0.6 is 0 Å². The van der Waals surface area contributed by atoms with Crippen LogP contribution in [0.2, 0.25) is 0 Å². The van der Waals surface area contributed by atoms with Gasteiger partial charge < -0.3 is 25.9 Å². The molecule has 2 aliphatic rings. The molecule has 1 saturated carbocycles. The summed E-state index contributed by atoms with van der Waals surface area (Å²) in [5.74, 6) is 1.20. The number of rotatable bonds is 9. The topological polar surface area (TPSA) is 121 Å². The number of hydrogen-bond acceptors (Lipinski definition) is 7. The van der Waals surface area contributed by atoms with Crippen LogP contribution in [-0.2, 0) is 11.2 Å². The number of aliphatic hydroxyl groups is 1. The number of nitrogens with one attached hydrogen (secondary N) is 1. The average molecular weight is 558 g/mol. The Morgan fingerprint density at radius 1 is 1.20 bits per heavy atom. The first kappa shape index (κ1) is 31.5. The van der Waals surface area contributed by atoms with Crippen molar-refractivity contribution >= 4 is 29.4 Å². The van der Waals surface area contributed by atoms with Crippen LogP contribution in [0.25, 0.3) is 5.57 Å². The first-order valence-corrected chi connectivity index (χ1v) is 14.3. The van der Waals surface area contributed by atoms with E-state index in [-0.39, 0.29) is 23.7 Å². The Hall–Kier alpha value is -4.04. The Kier molecular flexibility index (Phi) is 11.6. The quantitative estimate of drug-likeness (QED) is 0.329. The molecule has 0 radical (unpaired) electrons. The second-order valence-corrected chi connectivity index (χ2v) is 10.4. The average Bonchev–Trinajstić information content (AvgIpc) is 3.02. The molecule has 1 aliphatic carbocycles. The third-order valence-electron chi connectivity index (χ3n) is 7.89. The van der Waals surface area contributed by atoms with Crippen molar-refractivity contribution in [3.8, 4) is 0 Å². The van der Waals surface area contributed by atoms with E-state index in [4.69, 9.17) is 10.8 Å². The molecular weight excluding hydrogens is 514 g/mol. The lowest BCUT2D eigenvalue weighted by Crippen LogP contribution is -2.34. The lowest BCUT2D eigenvalue weighted by Gasteiger charge is -2.37. The van der Waals surface area contributed by atoms with E-state index in [2.05, 4.69) is 47.5 Å². The normalized spacial score (nSPS) is 20.2. The van der Waals surface area contributed by atoms with Gasteiger partial charge in [0.15, 0.2) is 0 Å². The van der Waals surface area contributed by atoms with E-state index in [0.29, 0.717) is 17.2 Å². The fourth-order valence-electron chi connectivity index (χ4n) is 5.41. The molecule has 1 aromatic heterocycles. The lowest BCUT2D eigenvalue weighted by atomic mass is 9.80. The molecule has 41 heavy (non-hydrogen) atoms. The van der Waals surface area contributed by atoms with Crippen molar-refractivity contribution in [1.29, 1.82) is 0 Å². The number of hydrogen-bond donors (Lipinski definition) is 3. The number of nitrogens with two attached hydrogens (primary N) is 1. The van der Waals surface area contributed by atoms with E-state index < -0.39 is 0 Å². The molecular formula is C33H43N5O3. The Morgan fingerprint density at radius 3 is 2.56 bits per heavy atom. The number of aliphatic hydroxyl groups excluding tert-OH is 1. The van der Waals surface area contributed by atoms with E-state index in [0.717, 1.165) is 80.0 Å². The van der Waals surface area contributed by atoms with Gasteiger partial charge in [-0.25, -0.2) is 9.98 Å². The number of carbonyl (C=O) groups excluding carboxylic acids is 2. The fraction of sp³-hybridized carbons (Fsp3) is 0.394. The van der Waals surface area contributed by atoms with Gasteiger partial charge in [-0.1, -0.05) is 45.9 Å². The van der Waals surface area contributed by atoms with E-state index in [9.17, 15) is 9.59 Å². The molecule has 2 aromatic rings. The predicted octanol–water partition coefficient (Wildman–Crippen LogP) is 5.93. The number of nitrogens with zero attached hydrogens (tertiary/aromatic N) is 3. The Morgan fingerprint density at radius 2 is 1.90 bits per heavy atom. The van der Waals surface area contributed by atoms with E-state index in [1.54, 1.807) is 12.4 Å². The summed E-state index contributed by atoms with van der Waals surface area (Å²) in [6.45, 7) is 10.8. The van der Waals surface area contributed by atoms with Gasteiger partial charge in [0.1, 0.15) is 17.9 Å². The monoisotopic (exact) mass is 557 g/mol. The minimum Gasteiger partial charge on any atom is -0.400 e. The number of amidine groups is 1. The van der Waals surface area contributed by atoms with Gasteiger partial charge in [0, 0.05) is 42.9 Å². The second-order valence-electron chi connectivity index (χ2n) is 10.4. The van der Waals surface area contributed by atoms with Gasteiger partial charge in [0.25, 0.3) is 5.91 Å². The zero-order valence-electron chi connectivity index (χ0n) is 24.6. The zero-order valence-corrected chi connectivity index (χ0v) is 24.6. The van der Waals surface area contributed by atoms with Crippen LogP contribution in [0.5, 0.6) is 0 Å². The van der Waals surface area contributed by atoms with Crippen LogP contribution in [0.15, 0.2) is 78.0 Å². The SMILES string of the molecule is C=C(C1CCCC(C=O)C1)N1C=CN=C(N)/C1=C(\c1ccc(C(=O)Nc2cc(CC)ccn2)cc1)C(C)CC.CO. The van der Waals surface area contributed by atoms with Crippen molar-refractivity contribution in [2.75, 3.05) is 12.4 Å². The van der Waals surface area contributed by atoms with Crippen molar-refractivity contribution in [3.05, 3.63) is 89.7 Å². The highest BCUT2D eigenvalue weighted by Gasteiger charge is 2.31. The summed E-state index contributed by atoms with van der Waals surface area (Å²) in [6, 6.07) is 11.4. The number of aliphatic imine (C=N–C) groups is 1. The van der Waals surface area contributed by atoms with Crippen molar-refractivity contribution in [2.45, 2.75) is 59.3 Å². The molecule has 1 amide bonds. The van der Waals surface area contributed by atoms with Crippen LogP contribution in [0.4, 0.5) is 5.82 Å². The number of pyridine rings is 1. The van der Waals surface area contributed by atoms with Crippen LogP contribution in [-0.4, -0.2) is 40.1 Å². The minimum atomic E-state index is -0.209. The van der Waals surface area contributed by atoms with Crippen LogP contribution < -0.4 is 11.1 Å². The van der Waals surface area contributed by atoms with Crippen molar-refractivity contribution in [3.63, 3.8) is 0 Å². The highest BCUT2D eigenvalue weighted by Crippen LogP contribution is 2.39. The third-order valence-corrected chi connectivity index (χ3v) is 7.89. The van der Waals surface area contributed by atoms with E-state index in [1.165, 1.54) is 0 Å². The number of allylic oxidation sites excluding steroid dienone is 2. The van der Waals surface area contributed by atoms with Gasteiger partial charge in [-0.15, -0.1) is 0 Å². The molecule has 0 bridgehead atoms. The molecule has 8 heteroatoms. The number of carbonyl (C=O) groups is 2. The third kappa shape index (κ3) is 7.58. The van der Waals surface area contributed by atoms with Gasteiger partial charge in [-0.05, 0) is 84.9 Å². The zero-order chi connectivity index (χ0) is 29.9. The number of anilines is 1. The summed E-state index contributed by atoms with van der Waals surface area (Å²) < 4.78 is 0. The van der Waals surface area contributed by atoms with Crippen molar-refractivity contribution in [1.82, 2.24) is 9.88 Å².